The van der Waals surface area contributed by atoms with Crippen LogP contribution in [-0.2, 0) is 11.2 Å². The van der Waals surface area contributed by atoms with Gasteiger partial charge in [-0.1, -0.05) is 12.0 Å². The molecule has 3 aliphatic rings. The number of fused-ring (bicyclic) bond motifs is 3. The molecule has 5 rings (SSSR count). The van der Waals surface area contributed by atoms with Crippen molar-refractivity contribution in [3.05, 3.63) is 52.7 Å². The molecule has 2 aromatic carbocycles. The fourth-order valence-corrected chi connectivity index (χ4v) is 4.96. The molecule has 0 spiro atoms. The van der Waals surface area contributed by atoms with E-state index in [2.05, 4.69) is 21.2 Å². The SMILES string of the molecule is C#Cc1c(F)ccc2cc(O)cc(C/C(F)=C3/N=C(OC)N=C(N4CC5CCC(C4)N5)C3=N)c12. The lowest BCUT2D eigenvalue weighted by Gasteiger charge is -2.35. The summed E-state index contributed by atoms with van der Waals surface area (Å²) in [7, 11) is 1.39. The Morgan fingerprint density at radius 3 is 2.71 bits per heavy atom. The van der Waals surface area contributed by atoms with Gasteiger partial charge in [0, 0.05) is 37.0 Å². The number of hydrogen-bond donors (Lipinski definition) is 3. The summed E-state index contributed by atoms with van der Waals surface area (Å²) in [5.41, 5.74) is -0.0716. The molecular weight excluding hydrogens is 440 g/mol. The maximum absolute atomic E-state index is 15.7. The topological polar surface area (TPSA) is 93.3 Å². The first-order valence-corrected chi connectivity index (χ1v) is 11.0. The van der Waals surface area contributed by atoms with E-state index in [0.29, 0.717) is 47.3 Å². The van der Waals surface area contributed by atoms with Crippen LogP contribution in [0, 0.1) is 23.6 Å². The second-order valence-electron chi connectivity index (χ2n) is 8.65. The second-order valence-corrected chi connectivity index (χ2v) is 8.65. The maximum Gasteiger partial charge on any atom is 0.318 e. The van der Waals surface area contributed by atoms with Crippen LogP contribution < -0.4 is 5.32 Å². The van der Waals surface area contributed by atoms with Gasteiger partial charge in [0.15, 0.2) is 5.84 Å². The Labute approximate surface area is 195 Å². The minimum Gasteiger partial charge on any atom is -0.508 e. The average molecular weight is 463 g/mol. The number of likely N-dealkylation sites (tertiary alicyclic amines) is 1. The molecule has 0 aromatic heterocycles. The van der Waals surface area contributed by atoms with Gasteiger partial charge in [-0.3, -0.25) is 5.41 Å². The Morgan fingerprint density at radius 1 is 1.29 bits per heavy atom. The number of piperazine rings is 1. The first kappa shape index (κ1) is 22.0. The number of rotatable bonds is 2. The molecule has 2 aromatic rings. The standard InChI is InChI=1S/C25H23F2N5O2/c1-3-18-19(26)7-4-13-8-17(33)9-14(21(13)18)10-20(27)23-22(28)24(31-25(30-23)34-2)32-11-15-5-6-16(12-32)29-15/h1,4,7-9,15-16,28-29,33H,5-6,10-12H2,2H3/b23-20-,28-22?. The molecule has 2 saturated heterocycles. The Hall–Kier alpha value is -3.77. The van der Waals surface area contributed by atoms with Gasteiger partial charge in [0.05, 0.1) is 12.7 Å². The summed E-state index contributed by atoms with van der Waals surface area (Å²) >= 11 is 0. The van der Waals surface area contributed by atoms with Crippen molar-refractivity contribution in [2.45, 2.75) is 31.3 Å². The molecule has 3 N–H and O–H groups in total. The van der Waals surface area contributed by atoms with E-state index in [1.807, 2.05) is 4.90 Å². The molecule has 2 fully saturated rings. The van der Waals surface area contributed by atoms with Crippen molar-refractivity contribution in [1.29, 1.82) is 5.41 Å². The quantitative estimate of drug-likeness (QED) is 0.596. The number of hydrogen-bond acceptors (Lipinski definition) is 7. The van der Waals surface area contributed by atoms with E-state index in [0.717, 1.165) is 12.8 Å². The molecule has 9 heteroatoms. The third-order valence-electron chi connectivity index (χ3n) is 6.45. The van der Waals surface area contributed by atoms with E-state index >= 15 is 4.39 Å². The Bertz CT molecular complexity index is 1330. The van der Waals surface area contributed by atoms with Crippen molar-refractivity contribution in [2.24, 2.45) is 9.98 Å². The lowest BCUT2D eigenvalue weighted by atomic mass is 9.95. The molecular formula is C25H23F2N5O2. The summed E-state index contributed by atoms with van der Waals surface area (Å²) in [5.74, 6) is 1.19. The van der Waals surface area contributed by atoms with E-state index in [1.54, 1.807) is 0 Å². The highest BCUT2D eigenvalue weighted by Gasteiger charge is 2.37. The number of benzene rings is 2. The zero-order chi connectivity index (χ0) is 24.0. The predicted octanol–water partition coefficient (Wildman–Crippen LogP) is 3.26. The van der Waals surface area contributed by atoms with Crippen LogP contribution >= 0.6 is 0 Å². The number of amidine groups is 2. The Morgan fingerprint density at radius 2 is 2.03 bits per heavy atom. The number of ether oxygens (including phenoxy) is 1. The number of nitrogens with zero attached hydrogens (tertiary/aromatic N) is 3. The fourth-order valence-electron chi connectivity index (χ4n) is 4.96. The van der Waals surface area contributed by atoms with Gasteiger partial charge in [-0.2, -0.15) is 9.98 Å². The summed E-state index contributed by atoms with van der Waals surface area (Å²) in [4.78, 5) is 10.4. The fraction of sp³-hybridized carbons (Fsp3) is 0.320. The van der Waals surface area contributed by atoms with Gasteiger partial charge in [0.1, 0.15) is 28.8 Å². The smallest absolute Gasteiger partial charge is 0.318 e. The molecule has 34 heavy (non-hydrogen) atoms. The third kappa shape index (κ3) is 3.80. The molecule has 2 atom stereocenters. The van der Waals surface area contributed by atoms with Crippen LogP contribution in [0.3, 0.4) is 0 Å². The van der Waals surface area contributed by atoms with Gasteiger partial charge in [-0.25, -0.2) is 8.78 Å². The van der Waals surface area contributed by atoms with Crippen LogP contribution in [0.4, 0.5) is 8.78 Å². The highest BCUT2D eigenvalue weighted by Crippen LogP contribution is 2.32. The van der Waals surface area contributed by atoms with E-state index in [9.17, 15) is 9.50 Å². The van der Waals surface area contributed by atoms with Gasteiger partial charge in [0.2, 0.25) is 0 Å². The number of phenols is 1. The maximum atomic E-state index is 15.7. The lowest BCUT2D eigenvalue weighted by Crippen LogP contribution is -2.55. The van der Waals surface area contributed by atoms with Crippen molar-refractivity contribution in [3.8, 4) is 18.1 Å². The van der Waals surface area contributed by atoms with Crippen molar-refractivity contribution < 1.29 is 18.6 Å². The number of phenolic OH excluding ortho intramolecular Hbond substituents is 1. The van der Waals surface area contributed by atoms with E-state index < -0.39 is 11.6 Å². The molecule has 0 radical (unpaired) electrons. The average Bonchev–Trinajstić information content (AvgIpc) is 3.16. The summed E-state index contributed by atoms with van der Waals surface area (Å²) in [5, 5.41) is 23.2. The molecule has 0 amide bonds. The lowest BCUT2D eigenvalue weighted by molar-refractivity contribution is 0.290. The largest absolute Gasteiger partial charge is 0.508 e. The highest BCUT2D eigenvalue weighted by atomic mass is 19.1. The molecule has 3 aliphatic heterocycles. The minimum absolute atomic E-state index is 0.0105. The number of aromatic hydroxyl groups is 1. The molecule has 174 valence electrons. The van der Waals surface area contributed by atoms with Crippen LogP contribution in [0.25, 0.3) is 10.8 Å². The zero-order valence-electron chi connectivity index (χ0n) is 18.5. The van der Waals surface area contributed by atoms with Crippen molar-refractivity contribution in [2.75, 3.05) is 20.2 Å². The predicted molar refractivity (Wildman–Crippen MR) is 126 cm³/mol. The van der Waals surface area contributed by atoms with Crippen LogP contribution in [0.2, 0.25) is 0 Å². The Kier molecular flexibility index (Phi) is 5.54. The third-order valence-corrected chi connectivity index (χ3v) is 6.45. The zero-order valence-corrected chi connectivity index (χ0v) is 18.5. The Balaban J connectivity index is 1.55. The van der Waals surface area contributed by atoms with Gasteiger partial charge in [-0.15, -0.1) is 6.42 Å². The monoisotopic (exact) mass is 463 g/mol. The van der Waals surface area contributed by atoms with Crippen LogP contribution in [0.15, 0.2) is 45.8 Å². The van der Waals surface area contributed by atoms with Crippen molar-refractivity contribution >= 4 is 28.3 Å². The molecule has 2 unspecified atom stereocenters. The molecule has 0 saturated carbocycles. The molecule has 2 bridgehead atoms. The van der Waals surface area contributed by atoms with Crippen LogP contribution in [0.1, 0.15) is 24.0 Å². The highest BCUT2D eigenvalue weighted by molar-refractivity contribution is 6.48. The number of halogens is 2. The summed E-state index contributed by atoms with van der Waals surface area (Å²) in [6, 6.07) is 6.03. The normalized spacial score (nSPS) is 23.5. The van der Waals surface area contributed by atoms with E-state index in [1.165, 1.54) is 31.4 Å². The summed E-state index contributed by atoms with van der Waals surface area (Å²) in [6.45, 7) is 1.32. The van der Waals surface area contributed by atoms with Gasteiger partial charge >= 0.3 is 6.02 Å². The number of methoxy groups -OCH3 is 1. The van der Waals surface area contributed by atoms with Gasteiger partial charge in [0.25, 0.3) is 0 Å². The number of terminal acetylenes is 1. The molecule has 3 heterocycles. The van der Waals surface area contributed by atoms with Gasteiger partial charge < -0.3 is 20.1 Å². The summed E-state index contributed by atoms with van der Waals surface area (Å²) < 4.78 is 35.3. The van der Waals surface area contributed by atoms with Crippen molar-refractivity contribution in [3.63, 3.8) is 0 Å². The van der Waals surface area contributed by atoms with E-state index in [-0.39, 0.29) is 35.2 Å². The first-order valence-electron chi connectivity index (χ1n) is 11.0. The van der Waals surface area contributed by atoms with Gasteiger partial charge in [-0.05, 0) is 42.0 Å². The van der Waals surface area contributed by atoms with Crippen LogP contribution in [-0.4, -0.2) is 59.9 Å². The molecule has 7 nitrogen and oxygen atoms in total. The number of nitrogens with one attached hydrogen (secondary N) is 2. The first-order chi connectivity index (χ1) is 16.4. The van der Waals surface area contributed by atoms with Crippen molar-refractivity contribution in [1.82, 2.24) is 10.2 Å². The molecule has 0 aliphatic carbocycles. The van der Waals surface area contributed by atoms with E-state index in [4.69, 9.17) is 16.6 Å². The minimum atomic E-state index is -0.732. The second kappa shape index (κ2) is 8.54. The number of allylic oxidation sites excluding steroid dienone is 1. The van der Waals surface area contributed by atoms with Crippen LogP contribution in [0.5, 0.6) is 5.75 Å². The number of aliphatic imine (C=N–C) groups is 2. The summed E-state index contributed by atoms with van der Waals surface area (Å²) in [6.07, 6.45) is 7.27.